The Bertz CT molecular complexity index is 1040. The van der Waals surface area contributed by atoms with Crippen LogP contribution in [0.1, 0.15) is 37.3 Å². The zero-order valence-corrected chi connectivity index (χ0v) is 18.3. The Labute approximate surface area is 183 Å². The van der Waals surface area contributed by atoms with Crippen molar-refractivity contribution in [2.45, 2.75) is 31.7 Å². The van der Waals surface area contributed by atoms with E-state index in [1.807, 2.05) is 12.1 Å². The topological polar surface area (TPSA) is 93.9 Å². The minimum Gasteiger partial charge on any atom is -0.345 e. The van der Waals surface area contributed by atoms with Crippen LogP contribution in [0.15, 0.2) is 24.5 Å². The molecule has 1 aromatic carbocycles. The molecule has 0 radical (unpaired) electrons. The van der Waals surface area contributed by atoms with E-state index in [1.54, 1.807) is 12.4 Å². The van der Waals surface area contributed by atoms with Crippen LogP contribution in [0.3, 0.4) is 0 Å². The summed E-state index contributed by atoms with van der Waals surface area (Å²) in [6.07, 6.45) is 5.98. The normalized spacial score (nSPS) is 32.8. The molecule has 1 aromatic heterocycles. The maximum absolute atomic E-state index is 13.3. The smallest absolute Gasteiger partial charge is 0.221 e. The Morgan fingerprint density at radius 1 is 1.29 bits per heavy atom. The molecule has 1 amide bonds. The molecule has 2 saturated heterocycles. The highest BCUT2D eigenvalue weighted by Crippen LogP contribution is 2.47. The van der Waals surface area contributed by atoms with Crippen LogP contribution in [-0.2, 0) is 10.3 Å². The fourth-order valence-electron chi connectivity index (χ4n) is 6.26. The fourth-order valence-corrected chi connectivity index (χ4v) is 6.26. The summed E-state index contributed by atoms with van der Waals surface area (Å²) in [5.41, 5.74) is 2.23. The molecule has 7 heteroatoms. The quantitative estimate of drug-likeness (QED) is 0.789. The van der Waals surface area contributed by atoms with Gasteiger partial charge in [-0.15, -0.1) is 0 Å². The van der Waals surface area contributed by atoms with Gasteiger partial charge in [0, 0.05) is 44.0 Å². The Morgan fingerprint density at radius 3 is 2.74 bits per heavy atom. The van der Waals surface area contributed by atoms with Gasteiger partial charge in [0.2, 0.25) is 5.91 Å². The first-order valence-electron chi connectivity index (χ1n) is 11.3. The van der Waals surface area contributed by atoms with E-state index in [-0.39, 0.29) is 5.91 Å². The largest absolute Gasteiger partial charge is 0.345 e. The maximum Gasteiger partial charge on any atom is 0.221 e. The summed E-state index contributed by atoms with van der Waals surface area (Å²) in [6, 6.07) is 5.99. The highest BCUT2D eigenvalue weighted by Gasteiger charge is 2.47. The lowest BCUT2D eigenvalue weighted by molar-refractivity contribution is -0.129. The fraction of sp³-hybridized carbons (Fsp3) is 0.583. The predicted octanol–water partition coefficient (Wildman–Crippen LogP) is 2.03. The van der Waals surface area contributed by atoms with Gasteiger partial charge in [-0.05, 0) is 56.2 Å². The Kier molecular flexibility index (Phi) is 5.15. The second kappa shape index (κ2) is 7.85. The zero-order valence-electron chi connectivity index (χ0n) is 18.3. The van der Waals surface area contributed by atoms with Gasteiger partial charge < -0.3 is 15.5 Å². The van der Waals surface area contributed by atoms with Gasteiger partial charge in [0.05, 0.1) is 16.6 Å². The van der Waals surface area contributed by atoms with E-state index >= 15 is 0 Å². The summed E-state index contributed by atoms with van der Waals surface area (Å²) in [5.74, 6) is 2.33. The Morgan fingerprint density at radius 2 is 2.03 bits per heavy atom. The molecule has 1 aliphatic carbocycles. The number of carbonyl (C=O) groups is 1. The molecule has 31 heavy (non-hydrogen) atoms. The molecule has 162 valence electrons. The van der Waals surface area contributed by atoms with Gasteiger partial charge >= 0.3 is 0 Å². The molecule has 7 nitrogen and oxygen atoms in total. The average Bonchev–Trinajstić information content (AvgIpc) is 2.76. The van der Waals surface area contributed by atoms with Crippen LogP contribution in [-0.4, -0.2) is 54.0 Å². The number of benzene rings is 1. The molecular weight excluding hydrogens is 388 g/mol. The van der Waals surface area contributed by atoms with Crippen molar-refractivity contribution in [3.8, 4) is 6.07 Å². The summed E-state index contributed by atoms with van der Waals surface area (Å²) < 4.78 is 0. The van der Waals surface area contributed by atoms with Gasteiger partial charge in [0.1, 0.15) is 11.6 Å². The molecule has 3 aliphatic rings. The number of rotatable bonds is 4. The number of nitrogens with zero attached hydrogens (tertiary/aromatic N) is 4. The summed E-state index contributed by atoms with van der Waals surface area (Å²) in [5, 5.41) is 16.5. The van der Waals surface area contributed by atoms with Crippen molar-refractivity contribution >= 4 is 16.9 Å². The van der Waals surface area contributed by atoms with Crippen molar-refractivity contribution < 1.29 is 4.79 Å². The van der Waals surface area contributed by atoms with E-state index in [1.165, 1.54) is 6.42 Å². The number of nitriles is 1. The van der Waals surface area contributed by atoms with E-state index < -0.39 is 5.54 Å². The summed E-state index contributed by atoms with van der Waals surface area (Å²) >= 11 is 0. The van der Waals surface area contributed by atoms with Crippen LogP contribution in [0.2, 0.25) is 0 Å². The minimum absolute atomic E-state index is 0.126. The molecule has 3 heterocycles. The number of hydrogen-bond acceptors (Lipinski definition) is 6. The summed E-state index contributed by atoms with van der Waals surface area (Å²) in [7, 11) is 2.18. The molecule has 2 aliphatic heterocycles. The lowest BCUT2D eigenvalue weighted by atomic mass is 9.60. The second-order valence-corrected chi connectivity index (χ2v) is 9.94. The van der Waals surface area contributed by atoms with Crippen molar-refractivity contribution in [1.82, 2.24) is 25.5 Å². The third-order valence-corrected chi connectivity index (χ3v) is 7.59. The number of hydrogen-bond donors (Lipinski definition) is 2. The van der Waals surface area contributed by atoms with Crippen molar-refractivity contribution in [2.75, 3.05) is 33.2 Å². The van der Waals surface area contributed by atoms with Gasteiger partial charge in [-0.25, -0.2) is 0 Å². The van der Waals surface area contributed by atoms with Crippen molar-refractivity contribution in [3.05, 3.63) is 35.7 Å². The first kappa shape index (κ1) is 20.3. The molecule has 1 saturated carbocycles. The van der Waals surface area contributed by atoms with Crippen LogP contribution in [0.5, 0.6) is 0 Å². The number of amides is 1. The molecule has 2 aromatic rings. The predicted molar refractivity (Wildman–Crippen MR) is 118 cm³/mol. The number of carbonyl (C=O) groups excluding carboxylic acids is 1. The summed E-state index contributed by atoms with van der Waals surface area (Å²) in [6.45, 7) is 6.00. The summed E-state index contributed by atoms with van der Waals surface area (Å²) in [4.78, 5) is 24.7. The maximum atomic E-state index is 13.3. The van der Waals surface area contributed by atoms with Gasteiger partial charge in [-0.1, -0.05) is 13.0 Å². The average molecular weight is 419 g/mol. The van der Waals surface area contributed by atoms with E-state index in [2.05, 4.69) is 45.5 Å². The molecule has 2 N–H and O–H groups in total. The molecule has 2 bridgehead atoms. The molecule has 3 fully saturated rings. The third-order valence-electron chi connectivity index (χ3n) is 7.59. The van der Waals surface area contributed by atoms with E-state index in [0.29, 0.717) is 53.2 Å². The Balaban J connectivity index is 1.46. The van der Waals surface area contributed by atoms with Crippen LogP contribution in [0.25, 0.3) is 11.0 Å². The van der Waals surface area contributed by atoms with Gasteiger partial charge in [-0.2, -0.15) is 5.26 Å². The zero-order chi connectivity index (χ0) is 21.6. The van der Waals surface area contributed by atoms with Crippen LogP contribution < -0.4 is 10.6 Å². The van der Waals surface area contributed by atoms with Crippen molar-refractivity contribution in [1.29, 1.82) is 5.26 Å². The lowest BCUT2D eigenvalue weighted by Gasteiger charge is -2.53. The lowest BCUT2D eigenvalue weighted by Crippen LogP contribution is -2.59. The second-order valence-electron chi connectivity index (χ2n) is 9.94. The van der Waals surface area contributed by atoms with Crippen LogP contribution in [0, 0.1) is 35.0 Å². The first-order chi connectivity index (χ1) is 15.0. The standard InChI is InChI=1S/C24H30N6O/c1-15-9-24(14-26-11-15,20-4-3-16(10-25)22-23(20)28-6-5-27-22)29-21(31)8-19-17-7-18(19)13-30(2)12-17/h3-6,15,17-19,26H,7-9,11-14H2,1-2H3,(H,29,31)/t15-,17?,18?,19?,24-/m0/s1. The van der Waals surface area contributed by atoms with E-state index in [0.717, 1.165) is 31.6 Å². The van der Waals surface area contributed by atoms with Gasteiger partial charge in [-0.3, -0.25) is 14.8 Å². The SMILES string of the molecule is C[C@@H]1CNC[C@](NC(=O)CC2C3CC2CN(C)C3)(c2ccc(C#N)c3nccnc23)C1. The molecule has 2 unspecified atom stereocenters. The molecule has 4 atom stereocenters. The van der Waals surface area contributed by atoms with E-state index in [9.17, 15) is 10.1 Å². The molecule has 0 spiro atoms. The van der Waals surface area contributed by atoms with Gasteiger partial charge in [0.15, 0.2) is 0 Å². The molecular formula is C24H30N6O. The highest BCUT2D eigenvalue weighted by atomic mass is 16.1. The highest BCUT2D eigenvalue weighted by molar-refractivity contribution is 5.86. The minimum atomic E-state index is -0.549. The number of fused-ring (bicyclic) bond motifs is 3. The monoisotopic (exact) mass is 418 g/mol. The first-order valence-corrected chi connectivity index (χ1v) is 11.3. The van der Waals surface area contributed by atoms with Crippen LogP contribution >= 0.6 is 0 Å². The van der Waals surface area contributed by atoms with Crippen LogP contribution in [0.4, 0.5) is 0 Å². The van der Waals surface area contributed by atoms with Crippen molar-refractivity contribution in [3.63, 3.8) is 0 Å². The molecule has 5 rings (SSSR count). The Hall–Kier alpha value is -2.56. The van der Waals surface area contributed by atoms with E-state index in [4.69, 9.17) is 0 Å². The number of likely N-dealkylation sites (tertiary alicyclic amines) is 1. The third kappa shape index (κ3) is 3.58. The number of nitrogens with one attached hydrogen (secondary N) is 2. The number of aromatic nitrogens is 2. The van der Waals surface area contributed by atoms with Gasteiger partial charge in [0.25, 0.3) is 0 Å². The number of piperidine rings is 3. The van der Waals surface area contributed by atoms with Crippen molar-refractivity contribution in [2.24, 2.45) is 23.7 Å².